The smallest absolute Gasteiger partial charge is 0.250 e. The van der Waals surface area contributed by atoms with Crippen molar-refractivity contribution in [3.63, 3.8) is 0 Å². The van der Waals surface area contributed by atoms with Crippen LogP contribution in [0.1, 0.15) is 34.0 Å². The van der Waals surface area contributed by atoms with Gasteiger partial charge < -0.3 is 10.3 Å². The Bertz CT molecular complexity index is 1720. The highest BCUT2D eigenvalue weighted by Gasteiger charge is 2.70. The number of anilines is 2. The molecule has 8 heteroatoms. The Morgan fingerprint density at radius 2 is 1.72 bits per heavy atom. The summed E-state index contributed by atoms with van der Waals surface area (Å²) in [5, 5.41) is 7.56. The molecular formula is C31H26N4O4. The van der Waals surface area contributed by atoms with Gasteiger partial charge in [0.1, 0.15) is 5.54 Å². The van der Waals surface area contributed by atoms with Crippen molar-refractivity contribution in [2.24, 2.45) is 11.8 Å². The number of imide groups is 1. The van der Waals surface area contributed by atoms with Gasteiger partial charge in [0.15, 0.2) is 5.78 Å². The van der Waals surface area contributed by atoms with Gasteiger partial charge in [0.2, 0.25) is 17.7 Å². The molecule has 2 fully saturated rings. The SMILES string of the molecule is CC(=O)c1ccc(N2C(=O)[C@H]3[C@@H](C2=O)[C@@]2(N[C@@H]3Cc3c[nH]c4ccccc34)C(=O)Nc3c(C)cccc32)cc1. The van der Waals surface area contributed by atoms with E-state index in [0.717, 1.165) is 22.0 Å². The summed E-state index contributed by atoms with van der Waals surface area (Å²) in [6, 6.07) is 19.6. The van der Waals surface area contributed by atoms with Gasteiger partial charge in [-0.1, -0.05) is 36.4 Å². The van der Waals surface area contributed by atoms with E-state index in [4.69, 9.17) is 0 Å². The number of fused-ring (bicyclic) bond motifs is 5. The molecule has 3 amide bonds. The molecule has 194 valence electrons. The third kappa shape index (κ3) is 3.15. The van der Waals surface area contributed by atoms with Gasteiger partial charge in [-0.2, -0.15) is 0 Å². The summed E-state index contributed by atoms with van der Waals surface area (Å²) in [4.78, 5) is 58.4. The molecule has 8 nitrogen and oxygen atoms in total. The number of nitrogens with zero attached hydrogens (tertiary/aromatic N) is 1. The molecule has 1 aromatic heterocycles. The van der Waals surface area contributed by atoms with Crippen LogP contribution >= 0.6 is 0 Å². The van der Waals surface area contributed by atoms with Crippen LogP contribution in [0.25, 0.3) is 10.9 Å². The molecule has 0 radical (unpaired) electrons. The van der Waals surface area contributed by atoms with E-state index in [1.165, 1.54) is 11.8 Å². The highest BCUT2D eigenvalue weighted by atomic mass is 16.2. The summed E-state index contributed by atoms with van der Waals surface area (Å²) in [6.07, 6.45) is 2.39. The van der Waals surface area contributed by atoms with Crippen LogP contribution in [0.3, 0.4) is 0 Å². The zero-order valence-electron chi connectivity index (χ0n) is 21.4. The van der Waals surface area contributed by atoms with Crippen molar-refractivity contribution in [2.75, 3.05) is 10.2 Å². The zero-order valence-corrected chi connectivity index (χ0v) is 21.4. The predicted molar refractivity (Wildman–Crippen MR) is 146 cm³/mol. The van der Waals surface area contributed by atoms with E-state index >= 15 is 0 Å². The lowest BCUT2D eigenvalue weighted by Crippen LogP contribution is -2.53. The topological polar surface area (TPSA) is 111 Å². The number of aryl methyl sites for hydroxylation is 1. The van der Waals surface area contributed by atoms with Crippen LogP contribution in [-0.2, 0) is 26.3 Å². The van der Waals surface area contributed by atoms with E-state index in [1.54, 1.807) is 24.3 Å². The number of hydrogen-bond acceptors (Lipinski definition) is 5. The minimum atomic E-state index is -1.37. The molecule has 3 aliphatic rings. The molecule has 2 saturated heterocycles. The zero-order chi connectivity index (χ0) is 27.1. The molecule has 3 N–H and O–H groups in total. The quantitative estimate of drug-likeness (QED) is 0.281. The Morgan fingerprint density at radius 1 is 0.949 bits per heavy atom. The standard InChI is InChI=1S/C31H26N4O4/c1-16-6-5-8-22-27(16)33-30(39)31(22)26-25(24(34-31)14-19-15-32-23-9-4-3-7-21(19)23)28(37)35(29(26)38)20-12-10-18(11-13-20)17(2)36/h3-13,15,24-26,32,34H,14H2,1-2H3,(H,33,39)/t24-,25-,26+,31-/m1/s1. The lowest BCUT2D eigenvalue weighted by molar-refractivity contribution is -0.130. The first-order valence-electron chi connectivity index (χ1n) is 13.0. The highest BCUT2D eigenvalue weighted by Crippen LogP contribution is 2.54. The highest BCUT2D eigenvalue weighted by molar-refractivity contribution is 6.26. The van der Waals surface area contributed by atoms with Crippen molar-refractivity contribution in [3.8, 4) is 0 Å². The molecular weight excluding hydrogens is 492 g/mol. The van der Waals surface area contributed by atoms with Gasteiger partial charge in [-0.3, -0.25) is 24.5 Å². The molecule has 3 aliphatic heterocycles. The van der Waals surface area contributed by atoms with Crippen molar-refractivity contribution < 1.29 is 19.2 Å². The van der Waals surface area contributed by atoms with Gasteiger partial charge in [-0.25, -0.2) is 4.90 Å². The second-order valence-corrected chi connectivity index (χ2v) is 10.7. The summed E-state index contributed by atoms with van der Waals surface area (Å²) < 4.78 is 0. The summed E-state index contributed by atoms with van der Waals surface area (Å²) in [7, 11) is 0. The molecule has 0 saturated carbocycles. The maximum Gasteiger partial charge on any atom is 0.250 e. The fourth-order valence-electron chi connectivity index (χ4n) is 6.79. The maximum atomic E-state index is 14.2. The number of carbonyl (C=O) groups is 4. The van der Waals surface area contributed by atoms with Crippen molar-refractivity contribution in [1.82, 2.24) is 10.3 Å². The molecule has 4 heterocycles. The minimum Gasteiger partial charge on any atom is -0.361 e. The van der Waals surface area contributed by atoms with Crippen molar-refractivity contribution in [1.29, 1.82) is 0 Å². The molecule has 4 atom stereocenters. The van der Waals surface area contributed by atoms with Crippen LogP contribution in [0.15, 0.2) is 72.9 Å². The van der Waals surface area contributed by atoms with Gasteiger partial charge in [0.25, 0.3) is 0 Å². The average Bonchev–Trinajstić information content (AvgIpc) is 3.64. The average molecular weight is 519 g/mol. The molecule has 7 rings (SSSR count). The molecule has 0 unspecified atom stereocenters. The number of benzene rings is 3. The number of amides is 3. The number of H-pyrrole nitrogens is 1. The number of carbonyl (C=O) groups excluding carboxylic acids is 4. The number of nitrogens with one attached hydrogen (secondary N) is 3. The molecule has 1 spiro atoms. The Balaban J connectivity index is 1.37. The molecule has 3 aromatic carbocycles. The molecule has 0 aliphatic carbocycles. The normalized spacial score (nSPS) is 25.4. The third-order valence-corrected chi connectivity index (χ3v) is 8.61. The predicted octanol–water partition coefficient (Wildman–Crippen LogP) is 3.85. The van der Waals surface area contributed by atoms with Crippen LogP contribution in [0.2, 0.25) is 0 Å². The Hall–Kier alpha value is -4.56. The van der Waals surface area contributed by atoms with Gasteiger partial charge >= 0.3 is 0 Å². The first kappa shape index (κ1) is 23.5. The van der Waals surface area contributed by atoms with Crippen LogP contribution < -0.4 is 15.5 Å². The van der Waals surface area contributed by atoms with Crippen LogP contribution in [-0.4, -0.2) is 34.5 Å². The lowest BCUT2D eigenvalue weighted by atomic mass is 9.76. The molecule has 4 aromatic rings. The number of rotatable bonds is 4. The Labute approximate surface area is 224 Å². The van der Waals surface area contributed by atoms with Crippen molar-refractivity contribution in [3.05, 3.63) is 95.2 Å². The second-order valence-electron chi connectivity index (χ2n) is 10.7. The number of para-hydroxylation sites is 2. The Morgan fingerprint density at radius 3 is 2.49 bits per heavy atom. The summed E-state index contributed by atoms with van der Waals surface area (Å²) in [5.74, 6) is -2.86. The number of ketones is 1. The number of aromatic nitrogens is 1. The first-order valence-corrected chi connectivity index (χ1v) is 13.0. The number of aromatic amines is 1. The summed E-state index contributed by atoms with van der Waals surface area (Å²) in [5.41, 5.74) is 3.78. The third-order valence-electron chi connectivity index (χ3n) is 8.61. The van der Waals surface area contributed by atoms with E-state index in [1.807, 2.05) is 55.6 Å². The van der Waals surface area contributed by atoms with Gasteiger partial charge in [0, 0.05) is 40.0 Å². The number of Topliss-reactive ketones (excluding diaryl/α,β-unsaturated/α-hetero) is 1. The van der Waals surface area contributed by atoms with Crippen molar-refractivity contribution >= 4 is 45.8 Å². The largest absolute Gasteiger partial charge is 0.361 e. The van der Waals surface area contributed by atoms with E-state index in [9.17, 15) is 19.2 Å². The molecule has 39 heavy (non-hydrogen) atoms. The summed E-state index contributed by atoms with van der Waals surface area (Å²) in [6.45, 7) is 3.38. The van der Waals surface area contributed by atoms with E-state index in [-0.39, 0.29) is 17.6 Å². The minimum absolute atomic E-state index is 0.103. The Kier molecular flexibility index (Phi) is 4.96. The van der Waals surface area contributed by atoms with Gasteiger partial charge in [0.05, 0.1) is 17.5 Å². The van der Waals surface area contributed by atoms with E-state index in [0.29, 0.717) is 28.9 Å². The van der Waals surface area contributed by atoms with E-state index in [2.05, 4.69) is 15.6 Å². The van der Waals surface area contributed by atoms with Crippen LogP contribution in [0, 0.1) is 18.8 Å². The van der Waals surface area contributed by atoms with Gasteiger partial charge in [-0.05, 0) is 61.7 Å². The van der Waals surface area contributed by atoms with Crippen LogP contribution in [0.4, 0.5) is 11.4 Å². The fourth-order valence-corrected chi connectivity index (χ4v) is 6.79. The maximum absolute atomic E-state index is 14.2. The first-order chi connectivity index (χ1) is 18.8. The van der Waals surface area contributed by atoms with Crippen molar-refractivity contribution in [2.45, 2.75) is 31.8 Å². The van der Waals surface area contributed by atoms with E-state index < -0.39 is 29.3 Å². The monoisotopic (exact) mass is 518 g/mol. The van der Waals surface area contributed by atoms with Gasteiger partial charge in [-0.15, -0.1) is 0 Å². The summed E-state index contributed by atoms with van der Waals surface area (Å²) >= 11 is 0. The fraction of sp³-hybridized carbons (Fsp3) is 0.226. The lowest BCUT2D eigenvalue weighted by Gasteiger charge is -2.29. The second kappa shape index (κ2) is 8.22. The molecule has 0 bridgehead atoms. The number of hydrogen-bond donors (Lipinski definition) is 3. The van der Waals surface area contributed by atoms with Crippen LogP contribution in [0.5, 0.6) is 0 Å².